The maximum atomic E-state index is 13.1. The molecule has 146 valence electrons. The number of ether oxygens (including phenoxy) is 2. The second kappa shape index (κ2) is 8.89. The number of hydrogen-bond donors (Lipinski definition) is 0. The zero-order chi connectivity index (χ0) is 20.1. The minimum absolute atomic E-state index is 0.114. The van der Waals surface area contributed by atoms with Crippen LogP contribution in [-0.4, -0.2) is 44.0 Å². The molecule has 1 aliphatic rings. The van der Waals surface area contributed by atoms with Crippen LogP contribution in [0.4, 0.5) is 0 Å². The summed E-state index contributed by atoms with van der Waals surface area (Å²) in [5, 5.41) is 0. The highest BCUT2D eigenvalue weighted by molar-refractivity contribution is 6.14. The molecular formula is C24H27NO3. The molecule has 1 heterocycles. The summed E-state index contributed by atoms with van der Waals surface area (Å²) in [5.41, 5.74) is 3.62. The second-order valence-electron chi connectivity index (χ2n) is 7.21. The molecule has 0 bridgehead atoms. The number of nitrogens with zero attached hydrogens (tertiary/aromatic N) is 1. The minimum atomic E-state index is 0.114. The van der Waals surface area contributed by atoms with Gasteiger partial charge in [0.25, 0.3) is 0 Å². The molecule has 28 heavy (non-hydrogen) atoms. The Balaban J connectivity index is 1.92. The molecule has 1 fully saturated rings. The number of carbonyl (C=O) groups excluding carboxylic acids is 1. The van der Waals surface area contributed by atoms with Gasteiger partial charge < -0.3 is 9.47 Å². The summed E-state index contributed by atoms with van der Waals surface area (Å²) in [6.45, 7) is 5.63. The average molecular weight is 377 g/mol. The van der Waals surface area contributed by atoms with Crippen LogP contribution in [0.3, 0.4) is 0 Å². The lowest BCUT2D eigenvalue weighted by molar-refractivity contribution is -0.113. The number of likely N-dealkylation sites (tertiary alicyclic amines) is 1. The summed E-state index contributed by atoms with van der Waals surface area (Å²) >= 11 is 0. The second-order valence-corrected chi connectivity index (χ2v) is 7.21. The normalized spacial score (nSPS) is 18.1. The van der Waals surface area contributed by atoms with Crippen LogP contribution in [0.25, 0.3) is 12.2 Å². The molecule has 2 aromatic rings. The van der Waals surface area contributed by atoms with Crippen molar-refractivity contribution >= 4 is 17.9 Å². The Morgan fingerprint density at radius 1 is 0.786 bits per heavy atom. The molecule has 1 aliphatic heterocycles. The Hall–Kier alpha value is -2.85. The van der Waals surface area contributed by atoms with Crippen molar-refractivity contribution < 1.29 is 14.3 Å². The van der Waals surface area contributed by atoms with Crippen LogP contribution in [0.15, 0.2) is 59.7 Å². The fraction of sp³-hybridized carbons (Fsp3) is 0.292. The predicted octanol–water partition coefficient (Wildman–Crippen LogP) is 4.46. The minimum Gasteiger partial charge on any atom is -0.497 e. The maximum absolute atomic E-state index is 13.1. The summed E-state index contributed by atoms with van der Waals surface area (Å²) in [6, 6.07) is 15.9. The van der Waals surface area contributed by atoms with E-state index in [9.17, 15) is 4.79 Å². The van der Waals surface area contributed by atoms with E-state index < -0.39 is 0 Å². The van der Waals surface area contributed by atoms with Gasteiger partial charge in [0.15, 0.2) is 5.78 Å². The number of piperidine rings is 1. The van der Waals surface area contributed by atoms with Gasteiger partial charge in [-0.2, -0.15) is 0 Å². The third-order valence-corrected chi connectivity index (χ3v) is 4.97. The summed E-state index contributed by atoms with van der Waals surface area (Å²) < 4.78 is 10.4. The molecule has 0 aliphatic carbocycles. The lowest BCUT2D eigenvalue weighted by atomic mass is 9.93. The summed E-state index contributed by atoms with van der Waals surface area (Å²) in [4.78, 5) is 15.4. The Labute approximate surface area is 167 Å². The first kappa shape index (κ1) is 19.9. The van der Waals surface area contributed by atoms with Gasteiger partial charge in [-0.05, 0) is 61.4 Å². The van der Waals surface area contributed by atoms with Crippen LogP contribution in [0.1, 0.15) is 25.0 Å². The van der Waals surface area contributed by atoms with Gasteiger partial charge in [-0.3, -0.25) is 9.69 Å². The Morgan fingerprint density at radius 3 is 1.50 bits per heavy atom. The molecule has 1 saturated heterocycles. The van der Waals surface area contributed by atoms with E-state index in [4.69, 9.17) is 9.47 Å². The van der Waals surface area contributed by atoms with Crippen molar-refractivity contribution in [3.8, 4) is 11.5 Å². The van der Waals surface area contributed by atoms with Crippen LogP contribution in [0.5, 0.6) is 11.5 Å². The highest BCUT2D eigenvalue weighted by Crippen LogP contribution is 2.24. The molecule has 0 amide bonds. The molecule has 0 aromatic heterocycles. The number of Topliss-reactive ketones (excluding diaryl/α,β-unsaturated/α-hetero) is 1. The number of rotatable bonds is 5. The topological polar surface area (TPSA) is 38.8 Å². The first-order valence-electron chi connectivity index (χ1n) is 9.48. The van der Waals surface area contributed by atoms with Crippen LogP contribution in [0, 0.1) is 0 Å². The van der Waals surface area contributed by atoms with E-state index >= 15 is 0 Å². The first-order chi connectivity index (χ1) is 13.5. The molecule has 0 atom stereocenters. The summed E-state index contributed by atoms with van der Waals surface area (Å²) in [5.74, 6) is 1.73. The van der Waals surface area contributed by atoms with E-state index in [2.05, 4.69) is 18.7 Å². The molecule has 0 N–H and O–H groups in total. The van der Waals surface area contributed by atoms with Crippen molar-refractivity contribution in [2.75, 3.05) is 27.3 Å². The predicted molar refractivity (Wildman–Crippen MR) is 114 cm³/mol. The Kier molecular flexibility index (Phi) is 6.32. The molecule has 3 rings (SSSR count). The van der Waals surface area contributed by atoms with Gasteiger partial charge >= 0.3 is 0 Å². The molecule has 0 radical (unpaired) electrons. The molecule has 2 aromatic carbocycles. The van der Waals surface area contributed by atoms with E-state index in [0.717, 1.165) is 33.8 Å². The third kappa shape index (κ3) is 4.70. The zero-order valence-electron chi connectivity index (χ0n) is 16.9. The van der Waals surface area contributed by atoms with Gasteiger partial charge in [0.1, 0.15) is 11.5 Å². The molecule has 0 spiro atoms. The molecule has 0 saturated carbocycles. The van der Waals surface area contributed by atoms with E-state index in [1.54, 1.807) is 14.2 Å². The fourth-order valence-electron chi connectivity index (χ4n) is 3.23. The first-order valence-corrected chi connectivity index (χ1v) is 9.48. The van der Waals surface area contributed by atoms with Gasteiger partial charge in [0, 0.05) is 30.3 Å². The van der Waals surface area contributed by atoms with Gasteiger partial charge in [0.2, 0.25) is 0 Å². The molecule has 4 nitrogen and oxygen atoms in total. The lowest BCUT2D eigenvalue weighted by Gasteiger charge is -2.32. The smallest absolute Gasteiger partial charge is 0.187 e. The van der Waals surface area contributed by atoms with Crippen molar-refractivity contribution in [3.63, 3.8) is 0 Å². The number of benzene rings is 2. The number of carbonyl (C=O) groups is 1. The Morgan fingerprint density at radius 2 is 1.18 bits per heavy atom. The zero-order valence-corrected chi connectivity index (χ0v) is 16.9. The largest absolute Gasteiger partial charge is 0.497 e. The standard InChI is InChI=1S/C24H27NO3/c1-17(2)25-15-20(13-18-5-9-22(27-3)10-6-18)24(26)21(16-25)14-19-7-11-23(28-4)12-8-19/h5-14,17H,15-16H2,1-4H3/b20-13-,21-14+. The SMILES string of the molecule is COc1ccc(/C=C2/CN(C(C)C)C/C(=C\c3ccc(OC)cc3)C2=O)cc1. The number of hydrogen-bond acceptors (Lipinski definition) is 4. The third-order valence-electron chi connectivity index (χ3n) is 4.97. The highest BCUT2D eigenvalue weighted by Gasteiger charge is 2.27. The molecular weight excluding hydrogens is 350 g/mol. The van der Waals surface area contributed by atoms with Crippen molar-refractivity contribution in [1.29, 1.82) is 0 Å². The van der Waals surface area contributed by atoms with Crippen molar-refractivity contribution in [3.05, 3.63) is 70.8 Å². The average Bonchev–Trinajstić information content (AvgIpc) is 2.71. The van der Waals surface area contributed by atoms with Crippen molar-refractivity contribution in [2.45, 2.75) is 19.9 Å². The Bertz CT molecular complexity index is 808. The van der Waals surface area contributed by atoms with Crippen LogP contribution < -0.4 is 9.47 Å². The van der Waals surface area contributed by atoms with Gasteiger partial charge in [0.05, 0.1) is 14.2 Å². The van der Waals surface area contributed by atoms with Crippen LogP contribution >= 0.6 is 0 Å². The van der Waals surface area contributed by atoms with E-state index in [0.29, 0.717) is 19.1 Å². The van der Waals surface area contributed by atoms with Crippen molar-refractivity contribution in [2.24, 2.45) is 0 Å². The van der Waals surface area contributed by atoms with Crippen molar-refractivity contribution in [1.82, 2.24) is 4.90 Å². The van der Waals surface area contributed by atoms with E-state index in [1.807, 2.05) is 60.7 Å². The van der Waals surface area contributed by atoms with E-state index in [1.165, 1.54) is 0 Å². The van der Waals surface area contributed by atoms with Crippen LogP contribution in [-0.2, 0) is 4.79 Å². The van der Waals surface area contributed by atoms with Gasteiger partial charge in [-0.15, -0.1) is 0 Å². The number of ketones is 1. The lowest BCUT2D eigenvalue weighted by Crippen LogP contribution is -2.41. The number of methoxy groups -OCH3 is 2. The quantitative estimate of drug-likeness (QED) is 0.721. The summed E-state index contributed by atoms with van der Waals surface area (Å²) in [7, 11) is 3.30. The molecule has 0 unspecified atom stereocenters. The highest BCUT2D eigenvalue weighted by atomic mass is 16.5. The van der Waals surface area contributed by atoms with Gasteiger partial charge in [-0.25, -0.2) is 0 Å². The van der Waals surface area contributed by atoms with Gasteiger partial charge in [-0.1, -0.05) is 24.3 Å². The van der Waals surface area contributed by atoms with Crippen LogP contribution in [0.2, 0.25) is 0 Å². The summed E-state index contributed by atoms with van der Waals surface area (Å²) in [6.07, 6.45) is 3.97. The molecule has 4 heteroatoms. The fourth-order valence-corrected chi connectivity index (χ4v) is 3.23. The monoisotopic (exact) mass is 377 g/mol. The maximum Gasteiger partial charge on any atom is 0.187 e. The van der Waals surface area contributed by atoms with E-state index in [-0.39, 0.29) is 5.78 Å².